The van der Waals surface area contributed by atoms with Gasteiger partial charge >= 0.3 is 0 Å². The number of alkyl halides is 1. The average molecular weight is 272 g/mol. The first kappa shape index (κ1) is 12.4. The summed E-state index contributed by atoms with van der Waals surface area (Å²) in [7, 11) is 0. The van der Waals surface area contributed by atoms with Gasteiger partial charge in [-0.15, -0.1) is 5.10 Å². The molecule has 0 spiro atoms. The van der Waals surface area contributed by atoms with E-state index in [1.165, 1.54) is 0 Å². The minimum Gasteiger partial charge on any atom is -0.353 e. The van der Waals surface area contributed by atoms with Gasteiger partial charge in [-0.05, 0) is 39.3 Å². The lowest BCUT2D eigenvalue weighted by Crippen LogP contribution is -2.32. The van der Waals surface area contributed by atoms with E-state index in [0.717, 1.165) is 29.8 Å². The lowest BCUT2D eigenvalue weighted by Gasteiger charge is -2.27. The van der Waals surface area contributed by atoms with E-state index in [0.29, 0.717) is 6.04 Å². The van der Waals surface area contributed by atoms with E-state index in [-0.39, 0.29) is 0 Å². The molecule has 15 heavy (non-hydrogen) atoms. The molecule has 0 saturated carbocycles. The second-order valence-corrected chi connectivity index (χ2v) is 4.66. The Morgan fingerprint density at radius 2 is 2.07 bits per heavy atom. The Hall–Kier alpha value is -0.640. The molecule has 4 heteroatoms. The van der Waals surface area contributed by atoms with E-state index in [1.54, 1.807) is 0 Å². The van der Waals surface area contributed by atoms with Crippen molar-refractivity contribution < 1.29 is 0 Å². The summed E-state index contributed by atoms with van der Waals surface area (Å²) >= 11 is 3.45. The van der Waals surface area contributed by atoms with Gasteiger partial charge < -0.3 is 4.90 Å². The maximum Gasteiger partial charge on any atom is 0.151 e. The minimum atomic E-state index is 0.459. The molecule has 0 aliphatic carbocycles. The quantitative estimate of drug-likeness (QED) is 0.772. The van der Waals surface area contributed by atoms with E-state index >= 15 is 0 Å². The highest BCUT2D eigenvalue weighted by Gasteiger charge is 2.11. The van der Waals surface area contributed by atoms with E-state index in [9.17, 15) is 0 Å². The summed E-state index contributed by atoms with van der Waals surface area (Å²) in [5.74, 6) is 0.969. The van der Waals surface area contributed by atoms with Gasteiger partial charge in [-0.3, -0.25) is 0 Å². The predicted octanol–water partition coefficient (Wildman–Crippen LogP) is 2.78. The van der Waals surface area contributed by atoms with Crippen molar-refractivity contribution in [1.29, 1.82) is 0 Å². The molecule has 1 aromatic heterocycles. The van der Waals surface area contributed by atoms with Crippen LogP contribution in [0.5, 0.6) is 0 Å². The molecule has 84 valence electrons. The van der Waals surface area contributed by atoms with Gasteiger partial charge in [0.05, 0.1) is 5.69 Å². The number of aromatic nitrogens is 2. The van der Waals surface area contributed by atoms with Crippen molar-refractivity contribution in [3.05, 3.63) is 17.8 Å². The summed E-state index contributed by atoms with van der Waals surface area (Å²) in [6.07, 6.45) is 1.12. The molecule has 0 amide bonds. The van der Waals surface area contributed by atoms with Crippen LogP contribution in [-0.4, -0.2) is 28.1 Å². The van der Waals surface area contributed by atoms with Crippen LogP contribution in [0.25, 0.3) is 0 Å². The lowest BCUT2D eigenvalue weighted by molar-refractivity contribution is 0.658. The third-order valence-corrected chi connectivity index (χ3v) is 2.79. The number of hydrogen-bond acceptors (Lipinski definition) is 3. The molecule has 0 N–H and O–H groups in total. The highest BCUT2D eigenvalue weighted by molar-refractivity contribution is 9.09. The zero-order valence-electron chi connectivity index (χ0n) is 9.57. The second-order valence-electron chi connectivity index (χ2n) is 3.86. The Bertz CT molecular complexity index is 284. The van der Waals surface area contributed by atoms with Gasteiger partial charge in [-0.25, -0.2) is 0 Å². The van der Waals surface area contributed by atoms with Crippen molar-refractivity contribution in [1.82, 2.24) is 10.2 Å². The van der Waals surface area contributed by atoms with Crippen molar-refractivity contribution in [2.24, 2.45) is 0 Å². The molecule has 0 atom stereocenters. The summed E-state index contributed by atoms with van der Waals surface area (Å²) in [5, 5.41) is 9.32. The highest BCUT2D eigenvalue weighted by Crippen LogP contribution is 2.13. The van der Waals surface area contributed by atoms with Gasteiger partial charge in [0.15, 0.2) is 5.82 Å². The fraction of sp³-hybridized carbons (Fsp3) is 0.636. The third-order valence-electron chi connectivity index (χ3n) is 2.23. The Morgan fingerprint density at radius 1 is 1.33 bits per heavy atom. The molecule has 0 fully saturated rings. The minimum absolute atomic E-state index is 0.459. The summed E-state index contributed by atoms with van der Waals surface area (Å²) in [5.41, 5.74) is 0.961. The highest BCUT2D eigenvalue weighted by atomic mass is 79.9. The van der Waals surface area contributed by atoms with Crippen LogP contribution >= 0.6 is 15.9 Å². The number of nitrogens with zero attached hydrogens (tertiary/aromatic N) is 3. The first-order valence-electron chi connectivity index (χ1n) is 5.28. The number of aryl methyl sites for hydroxylation is 1. The van der Waals surface area contributed by atoms with Crippen LogP contribution in [0.2, 0.25) is 0 Å². The molecular formula is C11H18BrN3. The van der Waals surface area contributed by atoms with Gasteiger partial charge in [0.2, 0.25) is 0 Å². The smallest absolute Gasteiger partial charge is 0.151 e. The van der Waals surface area contributed by atoms with E-state index in [2.05, 4.69) is 44.9 Å². The summed E-state index contributed by atoms with van der Waals surface area (Å²) in [4.78, 5) is 2.27. The number of rotatable bonds is 5. The summed E-state index contributed by atoms with van der Waals surface area (Å²) in [6, 6.07) is 4.50. The van der Waals surface area contributed by atoms with Crippen LogP contribution in [0.1, 0.15) is 26.0 Å². The molecule has 0 saturated heterocycles. The fourth-order valence-electron chi connectivity index (χ4n) is 1.41. The zero-order valence-corrected chi connectivity index (χ0v) is 11.2. The van der Waals surface area contributed by atoms with Crippen LogP contribution in [-0.2, 0) is 0 Å². The maximum atomic E-state index is 4.21. The Labute approximate surface area is 100 Å². The fourth-order valence-corrected chi connectivity index (χ4v) is 1.66. The van der Waals surface area contributed by atoms with Crippen molar-refractivity contribution in [2.45, 2.75) is 33.2 Å². The van der Waals surface area contributed by atoms with Crippen molar-refractivity contribution >= 4 is 21.7 Å². The molecule has 0 unspecified atom stereocenters. The van der Waals surface area contributed by atoms with Crippen LogP contribution in [0.3, 0.4) is 0 Å². The SMILES string of the molecule is Cc1ccc(N(CCCBr)C(C)C)nn1. The normalized spacial score (nSPS) is 10.7. The first-order valence-corrected chi connectivity index (χ1v) is 6.40. The standard InChI is InChI=1S/C11H18BrN3/c1-9(2)15(8-4-7-12)11-6-5-10(3)13-14-11/h5-6,9H,4,7-8H2,1-3H3. The Balaban J connectivity index is 2.74. The van der Waals surface area contributed by atoms with Gasteiger partial charge in [-0.1, -0.05) is 15.9 Å². The largest absolute Gasteiger partial charge is 0.353 e. The number of hydrogen-bond donors (Lipinski definition) is 0. The molecule has 0 aromatic carbocycles. The van der Waals surface area contributed by atoms with Crippen molar-refractivity contribution in [2.75, 3.05) is 16.8 Å². The van der Waals surface area contributed by atoms with Gasteiger partial charge in [0.1, 0.15) is 0 Å². The van der Waals surface area contributed by atoms with Crippen LogP contribution in [0.15, 0.2) is 12.1 Å². The molecule has 1 aromatic rings. The molecule has 0 aliphatic heterocycles. The van der Waals surface area contributed by atoms with Crippen LogP contribution in [0, 0.1) is 6.92 Å². The zero-order chi connectivity index (χ0) is 11.3. The molecule has 0 bridgehead atoms. The summed E-state index contributed by atoms with van der Waals surface area (Å²) < 4.78 is 0. The monoisotopic (exact) mass is 271 g/mol. The van der Waals surface area contributed by atoms with Crippen LogP contribution in [0.4, 0.5) is 5.82 Å². The Kier molecular flexibility index (Phi) is 5.02. The number of halogens is 1. The van der Waals surface area contributed by atoms with E-state index in [1.807, 2.05) is 19.1 Å². The topological polar surface area (TPSA) is 29.0 Å². The van der Waals surface area contributed by atoms with Gasteiger partial charge in [0, 0.05) is 17.9 Å². The van der Waals surface area contributed by atoms with E-state index < -0.39 is 0 Å². The first-order chi connectivity index (χ1) is 7.15. The van der Waals surface area contributed by atoms with Gasteiger partial charge in [-0.2, -0.15) is 5.10 Å². The van der Waals surface area contributed by atoms with Crippen molar-refractivity contribution in [3.63, 3.8) is 0 Å². The molecule has 1 rings (SSSR count). The lowest BCUT2D eigenvalue weighted by atomic mass is 10.3. The molecule has 1 heterocycles. The van der Waals surface area contributed by atoms with Crippen LogP contribution < -0.4 is 4.90 Å². The predicted molar refractivity (Wildman–Crippen MR) is 67.7 cm³/mol. The molecule has 0 aliphatic rings. The van der Waals surface area contributed by atoms with Crippen molar-refractivity contribution in [3.8, 4) is 0 Å². The third kappa shape index (κ3) is 3.78. The summed E-state index contributed by atoms with van der Waals surface area (Å²) in [6.45, 7) is 7.32. The number of anilines is 1. The van der Waals surface area contributed by atoms with E-state index in [4.69, 9.17) is 0 Å². The molecule has 0 radical (unpaired) electrons. The second kappa shape index (κ2) is 6.05. The van der Waals surface area contributed by atoms with Gasteiger partial charge in [0.25, 0.3) is 0 Å². The molecular weight excluding hydrogens is 254 g/mol. The Morgan fingerprint density at radius 3 is 2.53 bits per heavy atom. The molecule has 3 nitrogen and oxygen atoms in total. The average Bonchev–Trinajstić information content (AvgIpc) is 2.21. The maximum absolute atomic E-state index is 4.21.